The molecule has 0 saturated carbocycles. The summed E-state index contributed by atoms with van der Waals surface area (Å²) in [7, 11) is 0. The highest BCUT2D eigenvalue weighted by atomic mass is 79.9. The van der Waals surface area contributed by atoms with Crippen molar-refractivity contribution in [2.75, 3.05) is 6.61 Å². The molecule has 0 atom stereocenters. The molecule has 1 aliphatic heterocycles. The molecular formula is C13H10BrNO5. The molecule has 0 aromatic heterocycles. The summed E-state index contributed by atoms with van der Waals surface area (Å²) >= 11 is 3.19. The number of nitro groups is 1. The Labute approximate surface area is 123 Å². The van der Waals surface area contributed by atoms with Crippen LogP contribution in [0.3, 0.4) is 0 Å². The number of hydrogen-bond acceptors (Lipinski definition) is 5. The van der Waals surface area contributed by atoms with Crippen molar-refractivity contribution in [3.63, 3.8) is 0 Å². The van der Waals surface area contributed by atoms with Crippen LogP contribution in [-0.2, 0) is 9.53 Å². The van der Waals surface area contributed by atoms with E-state index in [-0.39, 0.29) is 23.8 Å². The first-order valence-electron chi connectivity index (χ1n) is 5.68. The number of allylic oxidation sites excluding steroid dienone is 2. The van der Waals surface area contributed by atoms with Crippen LogP contribution in [0.4, 0.5) is 5.69 Å². The lowest BCUT2D eigenvalue weighted by atomic mass is 10.0. The smallest absolute Gasteiger partial charge is 0.374 e. The Morgan fingerprint density at radius 2 is 2.25 bits per heavy atom. The number of rotatable bonds is 3. The van der Waals surface area contributed by atoms with Gasteiger partial charge in [-0.05, 0) is 24.6 Å². The molecule has 0 spiro atoms. The summed E-state index contributed by atoms with van der Waals surface area (Å²) in [6, 6.07) is 2.95. The summed E-state index contributed by atoms with van der Waals surface area (Å²) in [6.07, 6.45) is 1.40. The van der Waals surface area contributed by atoms with Crippen molar-refractivity contribution in [2.45, 2.75) is 6.92 Å². The minimum atomic E-state index is -0.684. The number of ether oxygens (including phenoxy) is 2. The molecule has 1 aromatic carbocycles. The molecule has 104 valence electrons. The van der Waals surface area contributed by atoms with E-state index < -0.39 is 10.9 Å². The van der Waals surface area contributed by atoms with Crippen LogP contribution < -0.4 is 4.74 Å². The fraction of sp³-hybridized carbons (Fsp3) is 0.154. The highest BCUT2D eigenvalue weighted by Crippen LogP contribution is 2.42. The normalized spacial score (nSPS) is 13.1. The molecule has 0 saturated heterocycles. The minimum Gasteiger partial charge on any atom is -0.460 e. The van der Waals surface area contributed by atoms with Crippen LogP contribution in [0.1, 0.15) is 12.5 Å². The highest BCUT2D eigenvalue weighted by Gasteiger charge is 2.29. The predicted molar refractivity (Wildman–Crippen MR) is 75.2 cm³/mol. The first-order valence-corrected chi connectivity index (χ1v) is 6.47. The summed E-state index contributed by atoms with van der Waals surface area (Å²) in [5.74, 6) is -0.806. The van der Waals surface area contributed by atoms with Crippen molar-refractivity contribution in [1.29, 1.82) is 0 Å². The van der Waals surface area contributed by atoms with Gasteiger partial charge < -0.3 is 9.47 Å². The highest BCUT2D eigenvalue weighted by molar-refractivity contribution is 9.10. The maximum Gasteiger partial charge on any atom is 0.374 e. The van der Waals surface area contributed by atoms with Crippen molar-refractivity contribution >= 4 is 33.2 Å². The van der Waals surface area contributed by atoms with Gasteiger partial charge in [0.05, 0.1) is 11.5 Å². The molecule has 0 radical (unpaired) electrons. The van der Waals surface area contributed by atoms with E-state index in [1.165, 1.54) is 12.1 Å². The zero-order valence-electron chi connectivity index (χ0n) is 10.5. The lowest BCUT2D eigenvalue weighted by molar-refractivity contribution is -0.385. The molecule has 6 nitrogen and oxygen atoms in total. The topological polar surface area (TPSA) is 78.7 Å². The van der Waals surface area contributed by atoms with Crippen molar-refractivity contribution in [2.24, 2.45) is 0 Å². The number of carbonyl (C=O) groups excluding carboxylic acids is 1. The molecule has 0 N–H and O–H groups in total. The minimum absolute atomic E-state index is 0.00578. The number of benzene rings is 1. The number of hydrogen-bond donors (Lipinski definition) is 0. The van der Waals surface area contributed by atoms with Gasteiger partial charge in [-0.25, -0.2) is 4.79 Å². The van der Waals surface area contributed by atoms with Crippen LogP contribution in [0.5, 0.6) is 5.75 Å². The Kier molecular flexibility index (Phi) is 3.89. The van der Waals surface area contributed by atoms with E-state index >= 15 is 0 Å². The molecule has 2 rings (SSSR count). The summed E-state index contributed by atoms with van der Waals surface area (Å²) in [5.41, 5.74) is 0.656. The maximum absolute atomic E-state index is 11.7. The molecule has 20 heavy (non-hydrogen) atoms. The van der Waals surface area contributed by atoms with Gasteiger partial charge in [0.15, 0.2) is 0 Å². The third-order valence-corrected chi connectivity index (χ3v) is 3.03. The standard InChI is InChI=1S/C13H10BrNO5/c1-3-19-13(16)11-4-7(2)9-5-8(14)6-10(15(17)18)12(9)20-11/h4-6H,2-3H2,1H3. The van der Waals surface area contributed by atoms with Gasteiger partial charge in [0, 0.05) is 16.1 Å². The predicted octanol–water partition coefficient (Wildman–Crippen LogP) is 3.21. The lowest BCUT2D eigenvalue weighted by Gasteiger charge is -2.18. The zero-order valence-corrected chi connectivity index (χ0v) is 12.1. The summed E-state index contributed by atoms with van der Waals surface area (Å²) in [6.45, 7) is 5.62. The Bertz CT molecular complexity index is 650. The molecule has 0 aliphatic carbocycles. The SMILES string of the molecule is C=C1C=C(C(=O)OCC)Oc2c1cc(Br)cc2[N+](=O)[O-]. The van der Waals surface area contributed by atoms with E-state index in [2.05, 4.69) is 22.5 Å². The van der Waals surface area contributed by atoms with Crippen molar-refractivity contribution in [3.8, 4) is 5.75 Å². The van der Waals surface area contributed by atoms with Crippen molar-refractivity contribution in [1.82, 2.24) is 0 Å². The van der Waals surface area contributed by atoms with Gasteiger partial charge in [-0.15, -0.1) is 0 Å². The Morgan fingerprint density at radius 3 is 2.85 bits per heavy atom. The molecular weight excluding hydrogens is 330 g/mol. The molecule has 7 heteroatoms. The van der Waals surface area contributed by atoms with Crippen LogP contribution in [-0.4, -0.2) is 17.5 Å². The fourth-order valence-corrected chi connectivity index (χ4v) is 2.18. The van der Waals surface area contributed by atoms with E-state index in [0.29, 0.717) is 15.6 Å². The second-order valence-corrected chi connectivity index (χ2v) is 4.83. The quantitative estimate of drug-likeness (QED) is 0.480. The lowest BCUT2D eigenvalue weighted by Crippen LogP contribution is -2.16. The second-order valence-electron chi connectivity index (χ2n) is 3.92. The first kappa shape index (κ1) is 14.3. The van der Waals surface area contributed by atoms with E-state index in [1.54, 1.807) is 13.0 Å². The average molecular weight is 340 g/mol. The summed E-state index contributed by atoms with van der Waals surface area (Å²) < 4.78 is 10.7. The molecule has 1 aliphatic rings. The van der Waals surface area contributed by atoms with Gasteiger partial charge in [-0.3, -0.25) is 10.1 Å². The molecule has 0 unspecified atom stereocenters. The monoisotopic (exact) mass is 339 g/mol. The van der Waals surface area contributed by atoms with E-state index in [1.807, 2.05) is 0 Å². The largest absolute Gasteiger partial charge is 0.460 e. The van der Waals surface area contributed by atoms with E-state index in [4.69, 9.17) is 9.47 Å². The van der Waals surface area contributed by atoms with Gasteiger partial charge >= 0.3 is 11.7 Å². The summed E-state index contributed by atoms with van der Waals surface area (Å²) in [4.78, 5) is 22.2. The van der Waals surface area contributed by atoms with Crippen molar-refractivity contribution < 1.29 is 19.2 Å². The molecule has 0 amide bonds. The molecule has 1 heterocycles. The van der Waals surface area contributed by atoms with Crippen molar-refractivity contribution in [3.05, 3.63) is 50.7 Å². The number of nitrogens with zero attached hydrogens (tertiary/aromatic N) is 1. The molecule has 0 bridgehead atoms. The van der Waals surface area contributed by atoms with Crippen LogP contribution in [0.25, 0.3) is 5.57 Å². The summed E-state index contributed by atoms with van der Waals surface area (Å²) in [5, 5.41) is 11.1. The number of esters is 1. The van der Waals surface area contributed by atoms with E-state index in [0.717, 1.165) is 0 Å². The molecule has 0 fully saturated rings. The fourth-order valence-electron chi connectivity index (χ4n) is 1.74. The zero-order chi connectivity index (χ0) is 14.9. The molecule has 1 aromatic rings. The third kappa shape index (κ3) is 2.57. The number of fused-ring (bicyclic) bond motifs is 1. The van der Waals surface area contributed by atoms with Crippen LogP contribution in [0, 0.1) is 10.1 Å². The number of nitro benzene ring substituents is 1. The van der Waals surface area contributed by atoms with Gasteiger partial charge in [-0.2, -0.15) is 0 Å². The van der Waals surface area contributed by atoms with Gasteiger partial charge in [0.2, 0.25) is 11.5 Å². The van der Waals surface area contributed by atoms with Crippen LogP contribution >= 0.6 is 15.9 Å². The van der Waals surface area contributed by atoms with Crippen LogP contribution in [0.2, 0.25) is 0 Å². The average Bonchev–Trinajstić information content (AvgIpc) is 2.38. The Morgan fingerprint density at radius 1 is 1.55 bits per heavy atom. The Balaban J connectivity index is 2.51. The second kappa shape index (κ2) is 5.46. The maximum atomic E-state index is 11.7. The van der Waals surface area contributed by atoms with Gasteiger partial charge in [0.1, 0.15) is 0 Å². The van der Waals surface area contributed by atoms with Gasteiger partial charge in [0.25, 0.3) is 0 Å². The first-order chi connectivity index (χ1) is 9.43. The number of halogens is 1. The van der Waals surface area contributed by atoms with Crippen LogP contribution in [0.15, 0.2) is 35.0 Å². The van der Waals surface area contributed by atoms with Gasteiger partial charge in [-0.1, -0.05) is 22.5 Å². The van der Waals surface area contributed by atoms with E-state index in [9.17, 15) is 14.9 Å². The third-order valence-electron chi connectivity index (χ3n) is 2.57. The Hall–Kier alpha value is -2.15. The number of carbonyl (C=O) groups is 1.